The summed E-state index contributed by atoms with van der Waals surface area (Å²) >= 11 is 0. The molecule has 0 saturated heterocycles. The molecule has 1 amide bonds. The van der Waals surface area contributed by atoms with Gasteiger partial charge in [-0.15, -0.1) is 0 Å². The number of nitrogens with zero attached hydrogens (tertiary/aromatic N) is 3. The number of amides is 1. The van der Waals surface area contributed by atoms with E-state index in [9.17, 15) is 9.59 Å². The van der Waals surface area contributed by atoms with E-state index in [4.69, 9.17) is 5.53 Å². The van der Waals surface area contributed by atoms with E-state index in [1.165, 1.54) is 31.4 Å². The van der Waals surface area contributed by atoms with Gasteiger partial charge < -0.3 is 4.74 Å². The zero-order valence-electron chi connectivity index (χ0n) is 7.88. The van der Waals surface area contributed by atoms with Gasteiger partial charge >= 0.3 is 5.97 Å². The minimum atomic E-state index is -0.686. The third-order valence-electron chi connectivity index (χ3n) is 1.69. The Hall–Kier alpha value is -2.33. The number of azide groups is 1. The summed E-state index contributed by atoms with van der Waals surface area (Å²) < 4.78 is 4.48. The van der Waals surface area contributed by atoms with Crippen molar-refractivity contribution in [3.63, 3.8) is 0 Å². The molecule has 6 nitrogen and oxygen atoms in total. The number of esters is 1. The number of benzene rings is 1. The number of carbonyl (C=O) groups is 2. The Morgan fingerprint density at radius 2 is 1.80 bits per heavy atom. The SMILES string of the molecule is COC(=O)c1ccc(C(=O)N=[N+]=[N-])cc1. The minimum absolute atomic E-state index is 0.223. The van der Waals surface area contributed by atoms with Crippen molar-refractivity contribution in [2.24, 2.45) is 5.11 Å². The van der Waals surface area contributed by atoms with Gasteiger partial charge in [0.1, 0.15) is 0 Å². The van der Waals surface area contributed by atoms with Crippen LogP contribution in [0.3, 0.4) is 0 Å². The topological polar surface area (TPSA) is 92.1 Å². The molecule has 0 aliphatic rings. The monoisotopic (exact) mass is 205 g/mol. The van der Waals surface area contributed by atoms with Crippen molar-refractivity contribution in [1.29, 1.82) is 0 Å². The Morgan fingerprint density at radius 3 is 2.27 bits per heavy atom. The summed E-state index contributed by atoms with van der Waals surface area (Å²) in [5.41, 5.74) is 8.59. The maximum absolute atomic E-state index is 11.1. The van der Waals surface area contributed by atoms with Crippen molar-refractivity contribution < 1.29 is 14.3 Å². The zero-order chi connectivity index (χ0) is 11.3. The van der Waals surface area contributed by atoms with Crippen LogP contribution in [0.2, 0.25) is 0 Å². The van der Waals surface area contributed by atoms with Gasteiger partial charge in [0.15, 0.2) is 0 Å². The van der Waals surface area contributed by atoms with Gasteiger partial charge in [-0.05, 0) is 22.8 Å². The van der Waals surface area contributed by atoms with Crippen LogP contribution in [0.25, 0.3) is 10.4 Å². The molecule has 1 rings (SSSR count). The summed E-state index contributed by atoms with van der Waals surface area (Å²) in [4.78, 5) is 24.5. The van der Waals surface area contributed by atoms with Crippen molar-refractivity contribution in [2.75, 3.05) is 7.11 Å². The standard InChI is InChI=1S/C9H7N3O3/c1-15-9(14)7-4-2-6(3-5-7)8(13)11-12-10/h2-5H,1H3. The van der Waals surface area contributed by atoms with Gasteiger partial charge in [0.25, 0.3) is 0 Å². The van der Waals surface area contributed by atoms with Crippen molar-refractivity contribution in [3.05, 3.63) is 45.8 Å². The Kier molecular flexibility index (Phi) is 3.43. The lowest BCUT2D eigenvalue weighted by Crippen LogP contribution is -2.01. The van der Waals surface area contributed by atoms with Crippen LogP contribution in [0.5, 0.6) is 0 Å². The van der Waals surface area contributed by atoms with Crippen LogP contribution in [0.15, 0.2) is 29.4 Å². The third kappa shape index (κ3) is 2.55. The Labute approximate surface area is 85.1 Å². The van der Waals surface area contributed by atoms with Crippen LogP contribution in [0.4, 0.5) is 0 Å². The van der Waals surface area contributed by atoms with Gasteiger partial charge in [0.05, 0.1) is 12.7 Å². The molecule has 0 aromatic heterocycles. The molecule has 0 saturated carbocycles. The minimum Gasteiger partial charge on any atom is -0.465 e. The molecule has 1 aromatic carbocycles. The summed E-state index contributed by atoms with van der Waals surface area (Å²) in [6, 6.07) is 5.63. The van der Waals surface area contributed by atoms with Crippen molar-refractivity contribution in [1.82, 2.24) is 0 Å². The van der Waals surface area contributed by atoms with E-state index >= 15 is 0 Å². The van der Waals surface area contributed by atoms with E-state index in [0.29, 0.717) is 5.56 Å². The highest BCUT2D eigenvalue weighted by Crippen LogP contribution is 2.06. The van der Waals surface area contributed by atoms with Gasteiger partial charge in [-0.3, -0.25) is 4.79 Å². The third-order valence-corrected chi connectivity index (χ3v) is 1.69. The molecule has 0 heterocycles. The summed E-state index contributed by atoms with van der Waals surface area (Å²) in [6.45, 7) is 0. The second kappa shape index (κ2) is 4.78. The first kappa shape index (κ1) is 10.7. The Bertz CT molecular complexity index is 432. The summed E-state index contributed by atoms with van der Waals surface area (Å²) in [5.74, 6) is -1.17. The number of rotatable bonds is 2. The number of methoxy groups -OCH3 is 1. The molecule has 0 aliphatic carbocycles. The number of carbonyl (C=O) groups excluding carboxylic acids is 2. The normalized spacial score (nSPS) is 8.87. The molecule has 0 N–H and O–H groups in total. The molecule has 1 aromatic rings. The van der Waals surface area contributed by atoms with Crippen LogP contribution in [0.1, 0.15) is 20.7 Å². The van der Waals surface area contributed by atoms with E-state index in [2.05, 4.69) is 14.8 Å². The first-order chi connectivity index (χ1) is 7.19. The fourth-order valence-electron chi connectivity index (χ4n) is 0.965. The summed E-state index contributed by atoms with van der Waals surface area (Å²) in [5, 5.41) is 2.91. The zero-order valence-corrected chi connectivity index (χ0v) is 7.88. The van der Waals surface area contributed by atoms with E-state index in [1.54, 1.807) is 0 Å². The van der Waals surface area contributed by atoms with Crippen LogP contribution in [-0.4, -0.2) is 19.0 Å². The Balaban J connectivity index is 2.94. The number of hydrogen-bond acceptors (Lipinski definition) is 3. The average Bonchev–Trinajstić information content (AvgIpc) is 2.28. The van der Waals surface area contributed by atoms with Crippen LogP contribution in [-0.2, 0) is 4.74 Å². The van der Waals surface area contributed by atoms with Gasteiger partial charge in [-0.25, -0.2) is 4.79 Å². The lowest BCUT2D eigenvalue weighted by molar-refractivity contribution is 0.0600. The molecule has 0 unspecified atom stereocenters. The van der Waals surface area contributed by atoms with Crippen LogP contribution >= 0.6 is 0 Å². The quantitative estimate of drug-likeness (QED) is 0.319. The molecule has 0 radical (unpaired) electrons. The summed E-state index contributed by atoms with van der Waals surface area (Å²) in [7, 11) is 1.27. The summed E-state index contributed by atoms with van der Waals surface area (Å²) in [6.07, 6.45) is 0. The predicted molar refractivity (Wildman–Crippen MR) is 51.3 cm³/mol. The van der Waals surface area contributed by atoms with Crippen molar-refractivity contribution in [2.45, 2.75) is 0 Å². The lowest BCUT2D eigenvalue weighted by atomic mass is 10.1. The van der Waals surface area contributed by atoms with Gasteiger partial charge in [0.2, 0.25) is 5.91 Å². The number of ether oxygens (including phenoxy) is 1. The van der Waals surface area contributed by atoms with Crippen LogP contribution < -0.4 is 0 Å². The highest BCUT2D eigenvalue weighted by atomic mass is 16.5. The maximum Gasteiger partial charge on any atom is 0.337 e. The van der Waals surface area contributed by atoms with Crippen molar-refractivity contribution >= 4 is 11.9 Å². The molecular weight excluding hydrogens is 198 g/mol. The van der Waals surface area contributed by atoms with Crippen molar-refractivity contribution in [3.8, 4) is 0 Å². The molecule has 0 aliphatic heterocycles. The van der Waals surface area contributed by atoms with E-state index in [-0.39, 0.29) is 5.56 Å². The highest BCUT2D eigenvalue weighted by molar-refractivity contribution is 5.96. The fourth-order valence-corrected chi connectivity index (χ4v) is 0.965. The highest BCUT2D eigenvalue weighted by Gasteiger charge is 2.07. The molecule has 0 spiro atoms. The molecular formula is C9H7N3O3. The molecule has 0 atom stereocenters. The molecule has 0 bridgehead atoms. The van der Waals surface area contributed by atoms with Crippen LogP contribution in [0, 0.1) is 0 Å². The number of hydrogen-bond donors (Lipinski definition) is 0. The molecule has 6 heteroatoms. The lowest BCUT2D eigenvalue weighted by Gasteiger charge is -1.99. The van der Waals surface area contributed by atoms with Gasteiger partial charge in [-0.1, -0.05) is 12.1 Å². The predicted octanol–water partition coefficient (Wildman–Crippen LogP) is 1.92. The second-order valence-corrected chi connectivity index (χ2v) is 2.56. The largest absolute Gasteiger partial charge is 0.465 e. The molecule has 76 valence electrons. The van der Waals surface area contributed by atoms with E-state index in [1.807, 2.05) is 0 Å². The first-order valence-electron chi connectivity index (χ1n) is 3.97. The van der Waals surface area contributed by atoms with E-state index in [0.717, 1.165) is 0 Å². The second-order valence-electron chi connectivity index (χ2n) is 2.56. The molecule has 0 fully saturated rings. The van der Waals surface area contributed by atoms with E-state index < -0.39 is 11.9 Å². The maximum atomic E-state index is 11.1. The fraction of sp³-hybridized carbons (Fsp3) is 0.111. The molecule has 15 heavy (non-hydrogen) atoms. The van der Waals surface area contributed by atoms with Gasteiger partial charge in [-0.2, -0.15) is 0 Å². The van der Waals surface area contributed by atoms with Gasteiger partial charge in [0, 0.05) is 10.5 Å². The average molecular weight is 205 g/mol. The Morgan fingerprint density at radius 1 is 1.27 bits per heavy atom. The smallest absolute Gasteiger partial charge is 0.337 e. The first-order valence-corrected chi connectivity index (χ1v) is 3.97.